The number of anilines is 1. The smallest absolute Gasteiger partial charge is 0.296 e. The van der Waals surface area contributed by atoms with Crippen LogP contribution >= 0.6 is 0 Å². The quantitative estimate of drug-likeness (QED) is 0.598. The molecule has 0 heterocycles. The highest BCUT2D eigenvalue weighted by Crippen LogP contribution is 2.28. The van der Waals surface area contributed by atoms with Crippen LogP contribution < -0.4 is 10.1 Å². The van der Waals surface area contributed by atoms with E-state index in [1.54, 1.807) is 12.1 Å². The van der Waals surface area contributed by atoms with Crippen molar-refractivity contribution in [3.63, 3.8) is 0 Å². The molecule has 1 aromatic rings. The molecule has 0 aliphatic heterocycles. The average molecular weight is 210 g/mol. The summed E-state index contributed by atoms with van der Waals surface area (Å²) in [5.41, 5.74) is 0.564. The number of nitro benzene ring substituents is 1. The van der Waals surface area contributed by atoms with Crippen molar-refractivity contribution in [3.8, 4) is 5.75 Å². The minimum absolute atomic E-state index is 0.0443. The largest absolute Gasteiger partial charge is 0.494 e. The Labute approximate surface area is 88.2 Å². The lowest BCUT2D eigenvalue weighted by Crippen LogP contribution is -2.02. The van der Waals surface area contributed by atoms with E-state index in [1.807, 2.05) is 13.8 Å². The molecule has 0 unspecified atom stereocenters. The van der Waals surface area contributed by atoms with Crippen molar-refractivity contribution in [1.29, 1.82) is 0 Å². The number of nitrogens with zero attached hydrogens (tertiary/aromatic N) is 1. The van der Waals surface area contributed by atoms with Crippen molar-refractivity contribution >= 4 is 11.4 Å². The third-order valence-electron chi connectivity index (χ3n) is 1.84. The molecule has 1 N–H and O–H groups in total. The van der Waals surface area contributed by atoms with E-state index in [1.165, 1.54) is 6.07 Å². The Morgan fingerprint density at radius 1 is 1.47 bits per heavy atom. The van der Waals surface area contributed by atoms with Crippen molar-refractivity contribution in [1.82, 2.24) is 0 Å². The van der Waals surface area contributed by atoms with E-state index in [0.717, 1.165) is 0 Å². The zero-order chi connectivity index (χ0) is 11.3. The van der Waals surface area contributed by atoms with Crippen LogP contribution in [0.25, 0.3) is 0 Å². The fourth-order valence-corrected chi connectivity index (χ4v) is 1.26. The van der Waals surface area contributed by atoms with Crippen LogP contribution in [0.1, 0.15) is 13.8 Å². The van der Waals surface area contributed by atoms with E-state index < -0.39 is 4.92 Å². The average Bonchev–Trinajstić information content (AvgIpc) is 2.21. The van der Waals surface area contributed by atoms with E-state index in [9.17, 15) is 10.1 Å². The summed E-state index contributed by atoms with van der Waals surface area (Å²) in [7, 11) is 0. The van der Waals surface area contributed by atoms with Gasteiger partial charge in [-0.2, -0.15) is 0 Å². The number of nitro groups is 1. The second-order valence-corrected chi connectivity index (χ2v) is 2.90. The number of nitrogens with one attached hydrogen (secondary N) is 1. The fourth-order valence-electron chi connectivity index (χ4n) is 1.26. The highest BCUT2D eigenvalue weighted by Gasteiger charge is 2.14. The van der Waals surface area contributed by atoms with Gasteiger partial charge < -0.3 is 10.1 Å². The lowest BCUT2D eigenvalue weighted by atomic mass is 10.2. The Morgan fingerprint density at radius 3 is 2.73 bits per heavy atom. The van der Waals surface area contributed by atoms with Gasteiger partial charge in [-0.15, -0.1) is 0 Å². The maximum Gasteiger partial charge on any atom is 0.296 e. The molecule has 0 saturated carbocycles. The SMILES string of the molecule is CCNc1ccc(OCC)cc1[N+](=O)[O-]. The number of benzene rings is 1. The first-order valence-electron chi connectivity index (χ1n) is 4.84. The van der Waals surface area contributed by atoms with Crippen molar-refractivity contribution in [2.45, 2.75) is 13.8 Å². The highest BCUT2D eigenvalue weighted by molar-refractivity contribution is 5.63. The minimum atomic E-state index is -0.416. The van der Waals surface area contributed by atoms with Crippen LogP contribution in [0.2, 0.25) is 0 Å². The van der Waals surface area contributed by atoms with E-state index in [-0.39, 0.29) is 5.69 Å². The number of ether oxygens (including phenoxy) is 1. The molecule has 0 fully saturated rings. The summed E-state index contributed by atoms with van der Waals surface area (Å²) < 4.78 is 5.20. The summed E-state index contributed by atoms with van der Waals surface area (Å²) in [6, 6.07) is 4.81. The third-order valence-corrected chi connectivity index (χ3v) is 1.84. The first-order valence-corrected chi connectivity index (χ1v) is 4.84. The molecule has 5 nitrogen and oxygen atoms in total. The molecule has 0 atom stereocenters. The van der Waals surface area contributed by atoms with Gasteiger partial charge in [0.2, 0.25) is 0 Å². The predicted molar refractivity (Wildman–Crippen MR) is 58.4 cm³/mol. The Balaban J connectivity index is 3.03. The molecule has 15 heavy (non-hydrogen) atoms. The Bertz CT molecular complexity index is 353. The summed E-state index contributed by atoms with van der Waals surface area (Å²) in [6.45, 7) is 4.87. The Kier molecular flexibility index (Phi) is 3.91. The molecule has 0 bridgehead atoms. The van der Waals surface area contributed by atoms with Crippen LogP contribution in [-0.2, 0) is 0 Å². The summed E-state index contributed by atoms with van der Waals surface area (Å²) in [5, 5.41) is 13.7. The van der Waals surface area contributed by atoms with Gasteiger partial charge in [0, 0.05) is 6.54 Å². The molecule has 1 aromatic carbocycles. The molecule has 0 spiro atoms. The summed E-state index contributed by atoms with van der Waals surface area (Å²) in [6.07, 6.45) is 0. The van der Waals surface area contributed by atoms with Gasteiger partial charge in [-0.05, 0) is 26.0 Å². The van der Waals surface area contributed by atoms with Gasteiger partial charge in [-0.3, -0.25) is 10.1 Å². The molecule has 0 saturated heterocycles. The monoisotopic (exact) mass is 210 g/mol. The maximum atomic E-state index is 10.8. The highest BCUT2D eigenvalue weighted by atomic mass is 16.6. The third kappa shape index (κ3) is 2.83. The predicted octanol–water partition coefficient (Wildman–Crippen LogP) is 2.43. The minimum Gasteiger partial charge on any atom is -0.494 e. The van der Waals surface area contributed by atoms with Crippen molar-refractivity contribution in [2.75, 3.05) is 18.5 Å². The van der Waals surface area contributed by atoms with Crippen molar-refractivity contribution in [3.05, 3.63) is 28.3 Å². The lowest BCUT2D eigenvalue weighted by molar-refractivity contribution is -0.384. The Morgan fingerprint density at radius 2 is 2.20 bits per heavy atom. The van der Waals surface area contributed by atoms with E-state index >= 15 is 0 Å². The first kappa shape index (κ1) is 11.3. The second-order valence-electron chi connectivity index (χ2n) is 2.90. The topological polar surface area (TPSA) is 64.4 Å². The molecular formula is C10H14N2O3. The molecular weight excluding hydrogens is 196 g/mol. The van der Waals surface area contributed by atoms with Gasteiger partial charge in [-0.25, -0.2) is 0 Å². The van der Waals surface area contributed by atoms with Crippen LogP contribution in [0.5, 0.6) is 5.75 Å². The summed E-state index contributed by atoms with van der Waals surface area (Å²) in [4.78, 5) is 10.3. The standard InChI is InChI=1S/C10H14N2O3/c1-3-11-9-6-5-8(15-4-2)7-10(9)12(13)14/h5-7,11H,3-4H2,1-2H3. The second kappa shape index (κ2) is 5.19. The van der Waals surface area contributed by atoms with Crippen LogP contribution in [0.15, 0.2) is 18.2 Å². The van der Waals surface area contributed by atoms with Gasteiger partial charge in [0.15, 0.2) is 0 Å². The lowest BCUT2D eigenvalue weighted by Gasteiger charge is -2.07. The fraction of sp³-hybridized carbons (Fsp3) is 0.400. The summed E-state index contributed by atoms with van der Waals surface area (Å²) >= 11 is 0. The summed E-state index contributed by atoms with van der Waals surface area (Å²) in [5.74, 6) is 0.519. The Hall–Kier alpha value is -1.78. The maximum absolute atomic E-state index is 10.8. The van der Waals surface area contributed by atoms with Gasteiger partial charge in [0.1, 0.15) is 11.4 Å². The number of hydrogen-bond donors (Lipinski definition) is 1. The molecule has 0 radical (unpaired) electrons. The van der Waals surface area contributed by atoms with Crippen LogP contribution in [0, 0.1) is 10.1 Å². The molecule has 0 aromatic heterocycles. The normalized spacial score (nSPS) is 9.73. The van der Waals surface area contributed by atoms with E-state index in [2.05, 4.69) is 5.32 Å². The van der Waals surface area contributed by atoms with Gasteiger partial charge in [-0.1, -0.05) is 0 Å². The molecule has 1 rings (SSSR count). The zero-order valence-corrected chi connectivity index (χ0v) is 8.82. The van der Waals surface area contributed by atoms with Gasteiger partial charge in [0.25, 0.3) is 5.69 Å². The number of hydrogen-bond acceptors (Lipinski definition) is 4. The van der Waals surface area contributed by atoms with Gasteiger partial charge >= 0.3 is 0 Å². The van der Waals surface area contributed by atoms with Crippen molar-refractivity contribution < 1.29 is 9.66 Å². The van der Waals surface area contributed by atoms with Crippen molar-refractivity contribution in [2.24, 2.45) is 0 Å². The van der Waals surface area contributed by atoms with Crippen LogP contribution in [0.4, 0.5) is 11.4 Å². The molecule has 5 heteroatoms. The molecule has 82 valence electrons. The van der Waals surface area contributed by atoms with Crippen LogP contribution in [0.3, 0.4) is 0 Å². The van der Waals surface area contributed by atoms with Gasteiger partial charge in [0.05, 0.1) is 17.6 Å². The molecule has 0 amide bonds. The van der Waals surface area contributed by atoms with Crippen LogP contribution in [-0.4, -0.2) is 18.1 Å². The zero-order valence-electron chi connectivity index (χ0n) is 8.82. The van der Waals surface area contributed by atoms with E-state index in [0.29, 0.717) is 24.6 Å². The molecule has 0 aliphatic carbocycles. The number of rotatable bonds is 5. The molecule has 0 aliphatic rings. The first-order chi connectivity index (χ1) is 7.19. The van der Waals surface area contributed by atoms with E-state index in [4.69, 9.17) is 4.74 Å².